The van der Waals surface area contributed by atoms with Crippen molar-refractivity contribution in [3.63, 3.8) is 0 Å². The smallest absolute Gasteiger partial charge is 0.280 e. The van der Waals surface area contributed by atoms with Crippen molar-refractivity contribution >= 4 is 11.9 Å². The van der Waals surface area contributed by atoms with Gasteiger partial charge in [-0.1, -0.05) is 5.16 Å². The second-order valence-corrected chi connectivity index (χ2v) is 3.89. The molecule has 0 radical (unpaired) electrons. The Kier molecular flexibility index (Phi) is 2.36. The van der Waals surface area contributed by atoms with Gasteiger partial charge in [-0.25, -0.2) is 0 Å². The van der Waals surface area contributed by atoms with E-state index >= 15 is 0 Å². The fraction of sp³-hybridized carbons (Fsp3) is 0.400. The van der Waals surface area contributed by atoms with E-state index in [0.29, 0.717) is 5.95 Å². The summed E-state index contributed by atoms with van der Waals surface area (Å²) in [5.41, 5.74) is 0.234. The van der Waals surface area contributed by atoms with E-state index in [1.54, 1.807) is 0 Å². The quantitative estimate of drug-likeness (QED) is 0.831. The molecule has 0 saturated carbocycles. The highest BCUT2D eigenvalue weighted by molar-refractivity contribution is 6.01. The van der Waals surface area contributed by atoms with Crippen LogP contribution in [-0.2, 0) is 13.0 Å². The molecule has 3 heterocycles. The third-order valence-electron chi connectivity index (χ3n) is 2.76. The standard InChI is InChI=1S/C10H11N5O2/c16-9(7-4-6-17-14-7)11-10-13-12-8-3-1-2-5-15(8)10/h4,6H,1-3,5H2,(H,11,13,16). The molecule has 7 nitrogen and oxygen atoms in total. The van der Waals surface area contributed by atoms with E-state index in [1.165, 1.54) is 12.3 Å². The maximum atomic E-state index is 11.7. The maximum Gasteiger partial charge on any atom is 0.280 e. The highest BCUT2D eigenvalue weighted by Gasteiger charge is 2.18. The first-order valence-corrected chi connectivity index (χ1v) is 5.48. The molecule has 0 spiro atoms. The fourth-order valence-corrected chi connectivity index (χ4v) is 1.90. The van der Waals surface area contributed by atoms with Crippen molar-refractivity contribution in [1.82, 2.24) is 19.9 Å². The second kappa shape index (κ2) is 4.00. The number of fused-ring (bicyclic) bond motifs is 1. The van der Waals surface area contributed by atoms with E-state index in [9.17, 15) is 4.79 Å². The predicted octanol–water partition coefficient (Wildman–Crippen LogP) is 0.855. The Balaban J connectivity index is 1.81. The summed E-state index contributed by atoms with van der Waals surface area (Å²) < 4.78 is 6.55. The summed E-state index contributed by atoms with van der Waals surface area (Å²) in [5.74, 6) is 1.07. The molecule has 17 heavy (non-hydrogen) atoms. The number of aryl methyl sites for hydroxylation is 1. The molecule has 0 bridgehead atoms. The zero-order valence-corrected chi connectivity index (χ0v) is 9.09. The van der Waals surface area contributed by atoms with Gasteiger partial charge in [-0.3, -0.25) is 14.7 Å². The van der Waals surface area contributed by atoms with Crippen LogP contribution in [0.3, 0.4) is 0 Å². The van der Waals surface area contributed by atoms with Crippen LogP contribution in [0.15, 0.2) is 16.9 Å². The molecule has 0 aliphatic carbocycles. The Morgan fingerprint density at radius 2 is 2.35 bits per heavy atom. The fourth-order valence-electron chi connectivity index (χ4n) is 1.90. The van der Waals surface area contributed by atoms with Crippen molar-refractivity contribution in [2.75, 3.05) is 5.32 Å². The highest BCUT2D eigenvalue weighted by atomic mass is 16.5. The van der Waals surface area contributed by atoms with Gasteiger partial charge in [0.1, 0.15) is 12.1 Å². The van der Waals surface area contributed by atoms with Crippen LogP contribution in [0.1, 0.15) is 29.2 Å². The number of nitrogens with zero attached hydrogens (tertiary/aromatic N) is 4. The van der Waals surface area contributed by atoms with Gasteiger partial charge in [0.15, 0.2) is 5.69 Å². The zero-order valence-electron chi connectivity index (χ0n) is 9.09. The molecule has 0 saturated heterocycles. The lowest BCUT2D eigenvalue weighted by molar-refractivity contribution is 0.101. The first-order valence-electron chi connectivity index (χ1n) is 5.48. The second-order valence-electron chi connectivity index (χ2n) is 3.89. The first kappa shape index (κ1) is 10.0. The SMILES string of the molecule is O=C(Nc1nnc2n1CCCC2)c1ccon1. The minimum absolute atomic E-state index is 0.234. The van der Waals surface area contributed by atoms with Crippen molar-refractivity contribution in [1.29, 1.82) is 0 Å². The van der Waals surface area contributed by atoms with Gasteiger partial charge in [0.25, 0.3) is 5.91 Å². The molecule has 0 fully saturated rings. The molecule has 88 valence electrons. The lowest BCUT2D eigenvalue weighted by atomic mass is 10.2. The number of nitrogens with one attached hydrogen (secondary N) is 1. The molecule has 1 N–H and O–H groups in total. The van der Waals surface area contributed by atoms with Gasteiger partial charge < -0.3 is 4.52 Å². The Morgan fingerprint density at radius 3 is 3.18 bits per heavy atom. The average Bonchev–Trinajstić information content (AvgIpc) is 2.98. The van der Waals surface area contributed by atoms with Crippen LogP contribution in [0, 0.1) is 0 Å². The predicted molar refractivity (Wildman–Crippen MR) is 57.4 cm³/mol. The Morgan fingerprint density at radius 1 is 1.41 bits per heavy atom. The van der Waals surface area contributed by atoms with Crippen molar-refractivity contribution in [2.24, 2.45) is 0 Å². The largest absolute Gasteiger partial charge is 0.364 e. The van der Waals surface area contributed by atoms with Crippen molar-refractivity contribution in [3.8, 4) is 0 Å². The average molecular weight is 233 g/mol. The topological polar surface area (TPSA) is 85.8 Å². The minimum atomic E-state index is -0.334. The van der Waals surface area contributed by atoms with Crippen LogP contribution in [-0.4, -0.2) is 25.8 Å². The Hall–Kier alpha value is -2.18. The lowest BCUT2D eigenvalue weighted by Crippen LogP contribution is -2.18. The van der Waals surface area contributed by atoms with Crippen LogP contribution in [0.5, 0.6) is 0 Å². The van der Waals surface area contributed by atoms with E-state index in [2.05, 4.69) is 25.2 Å². The number of hydrogen-bond acceptors (Lipinski definition) is 5. The third-order valence-corrected chi connectivity index (χ3v) is 2.76. The van der Waals surface area contributed by atoms with Gasteiger partial charge in [0.05, 0.1) is 0 Å². The zero-order chi connectivity index (χ0) is 11.7. The summed E-state index contributed by atoms with van der Waals surface area (Å²) in [4.78, 5) is 11.7. The van der Waals surface area contributed by atoms with E-state index < -0.39 is 0 Å². The van der Waals surface area contributed by atoms with Crippen LogP contribution in [0.4, 0.5) is 5.95 Å². The normalized spacial score (nSPS) is 14.4. The number of carbonyl (C=O) groups excluding carboxylic acids is 1. The maximum absolute atomic E-state index is 11.7. The number of amides is 1. The van der Waals surface area contributed by atoms with E-state index in [0.717, 1.165) is 31.6 Å². The number of hydrogen-bond donors (Lipinski definition) is 1. The molecular weight excluding hydrogens is 222 g/mol. The molecule has 0 unspecified atom stereocenters. The summed E-state index contributed by atoms with van der Waals surface area (Å²) in [7, 11) is 0. The first-order chi connectivity index (χ1) is 8.34. The summed E-state index contributed by atoms with van der Waals surface area (Å²) in [6.07, 6.45) is 4.47. The molecule has 2 aromatic heterocycles. The van der Waals surface area contributed by atoms with E-state index in [1.807, 2.05) is 4.57 Å². The van der Waals surface area contributed by atoms with Gasteiger partial charge in [-0.2, -0.15) is 0 Å². The van der Waals surface area contributed by atoms with E-state index in [4.69, 9.17) is 0 Å². The van der Waals surface area contributed by atoms with Gasteiger partial charge >= 0.3 is 0 Å². The molecule has 1 amide bonds. The summed E-state index contributed by atoms with van der Waals surface area (Å²) in [5, 5.41) is 14.3. The summed E-state index contributed by atoms with van der Waals surface area (Å²) >= 11 is 0. The number of carbonyl (C=O) groups is 1. The van der Waals surface area contributed by atoms with Crippen molar-refractivity contribution in [2.45, 2.75) is 25.8 Å². The molecule has 1 aliphatic rings. The van der Waals surface area contributed by atoms with Gasteiger partial charge in [0.2, 0.25) is 5.95 Å². The van der Waals surface area contributed by atoms with Crippen LogP contribution in [0.2, 0.25) is 0 Å². The van der Waals surface area contributed by atoms with Gasteiger partial charge in [-0.15, -0.1) is 10.2 Å². The molecule has 0 atom stereocenters. The number of anilines is 1. The summed E-state index contributed by atoms with van der Waals surface area (Å²) in [6.45, 7) is 0.844. The highest BCUT2D eigenvalue weighted by Crippen LogP contribution is 2.17. The number of rotatable bonds is 2. The van der Waals surface area contributed by atoms with Gasteiger partial charge in [0, 0.05) is 19.0 Å². The number of aromatic nitrogens is 4. The molecule has 3 rings (SSSR count). The lowest BCUT2D eigenvalue weighted by Gasteiger charge is -2.14. The van der Waals surface area contributed by atoms with Crippen LogP contribution in [0.25, 0.3) is 0 Å². The monoisotopic (exact) mass is 233 g/mol. The summed E-state index contributed by atoms with van der Waals surface area (Å²) in [6, 6.07) is 1.50. The van der Waals surface area contributed by atoms with Crippen molar-refractivity contribution < 1.29 is 9.32 Å². The third kappa shape index (κ3) is 1.79. The molecule has 0 aromatic carbocycles. The van der Waals surface area contributed by atoms with E-state index in [-0.39, 0.29) is 11.6 Å². The molecular formula is C10H11N5O2. The Labute approximate surface area is 96.8 Å². The van der Waals surface area contributed by atoms with Gasteiger partial charge in [-0.05, 0) is 12.8 Å². The Bertz CT molecular complexity index is 531. The van der Waals surface area contributed by atoms with Crippen LogP contribution >= 0.6 is 0 Å². The van der Waals surface area contributed by atoms with Crippen molar-refractivity contribution in [3.05, 3.63) is 23.8 Å². The molecule has 2 aromatic rings. The molecule has 1 aliphatic heterocycles. The minimum Gasteiger partial charge on any atom is -0.364 e. The molecule has 7 heteroatoms. The van der Waals surface area contributed by atoms with Crippen LogP contribution < -0.4 is 5.32 Å².